The number of aryl methyl sites for hydroxylation is 1. The molecule has 132 valence electrons. The molecule has 0 aromatic heterocycles. The molecule has 0 saturated heterocycles. The summed E-state index contributed by atoms with van der Waals surface area (Å²) in [5.41, 5.74) is 8.55. The van der Waals surface area contributed by atoms with Crippen molar-refractivity contribution in [2.75, 3.05) is 0 Å². The summed E-state index contributed by atoms with van der Waals surface area (Å²) >= 11 is -0.844. The first-order chi connectivity index (χ1) is 11.1. The fraction of sp³-hybridized carbons (Fsp3) is 0.300. The Morgan fingerprint density at radius 2 is 1.72 bits per heavy atom. The maximum Gasteiger partial charge on any atom is -1.00 e. The first-order valence-corrected chi connectivity index (χ1v) is 13.6. The van der Waals surface area contributed by atoms with Crippen LogP contribution in [-0.2, 0) is 26.2 Å². The number of allylic oxidation sites excluding steroid dienone is 1. The molecule has 1 aliphatic rings. The maximum atomic E-state index is 6.24. The molecule has 3 rings (SSSR count). The van der Waals surface area contributed by atoms with Gasteiger partial charge in [0.15, 0.2) is 0 Å². The van der Waals surface area contributed by atoms with Crippen LogP contribution < -0.4 is 24.8 Å². The molecule has 2 aromatic carbocycles. The van der Waals surface area contributed by atoms with E-state index in [9.17, 15) is 0 Å². The van der Waals surface area contributed by atoms with Crippen molar-refractivity contribution in [3.8, 4) is 11.1 Å². The number of rotatable bonds is 5. The predicted octanol–water partition coefficient (Wildman–Crippen LogP) is -0.484. The molecule has 0 N–H and O–H groups in total. The van der Waals surface area contributed by atoms with Crippen molar-refractivity contribution in [2.24, 2.45) is 0 Å². The zero-order valence-corrected chi connectivity index (χ0v) is 20.3. The van der Waals surface area contributed by atoms with Gasteiger partial charge in [0.05, 0.1) is 0 Å². The third-order valence-corrected chi connectivity index (χ3v) is 11.7. The second-order valence-electron chi connectivity index (χ2n) is 6.46. The van der Waals surface area contributed by atoms with E-state index in [1.54, 1.807) is 5.57 Å². The van der Waals surface area contributed by atoms with Crippen LogP contribution >= 0.6 is 0 Å². The number of halogens is 2. The summed E-state index contributed by atoms with van der Waals surface area (Å²) in [6.45, 7) is 9.00. The van der Waals surface area contributed by atoms with E-state index in [-0.39, 0.29) is 24.8 Å². The third kappa shape index (κ3) is 5.17. The normalized spacial score (nSPS) is 14.9. The summed E-state index contributed by atoms with van der Waals surface area (Å²) in [7, 11) is -0.909. The number of fused-ring (bicyclic) bond motifs is 1. The smallest absolute Gasteiger partial charge is 1.00 e. The Morgan fingerprint density at radius 3 is 2.32 bits per heavy atom. The van der Waals surface area contributed by atoms with E-state index < -0.39 is 32.7 Å². The first-order valence-electron chi connectivity index (χ1n) is 8.41. The van der Waals surface area contributed by atoms with Gasteiger partial charge in [-0.25, -0.2) is 0 Å². The van der Waals surface area contributed by atoms with Gasteiger partial charge in [-0.05, 0) is 0 Å². The van der Waals surface area contributed by atoms with Gasteiger partial charge < -0.3 is 24.8 Å². The van der Waals surface area contributed by atoms with Crippen molar-refractivity contribution >= 4 is 15.1 Å². The zero-order chi connectivity index (χ0) is 16.4. The summed E-state index contributed by atoms with van der Waals surface area (Å²) < 4.78 is 6.85. The average Bonchev–Trinajstić information content (AvgIpc) is 2.91. The topological polar surface area (TPSA) is 9.23 Å². The summed E-state index contributed by atoms with van der Waals surface area (Å²) in [5, 5.41) is 0. The van der Waals surface area contributed by atoms with E-state index in [1.807, 2.05) is 0 Å². The molecule has 1 unspecified atom stereocenters. The largest absolute Gasteiger partial charge is 1.00 e. The van der Waals surface area contributed by atoms with Crippen LogP contribution in [0.15, 0.2) is 48.0 Å². The van der Waals surface area contributed by atoms with E-state index in [4.69, 9.17) is 2.50 Å². The molecule has 0 aliphatic heterocycles. The van der Waals surface area contributed by atoms with Gasteiger partial charge in [-0.3, -0.25) is 0 Å². The Hall–Kier alpha value is -0.180. The average molecular weight is 471 g/mol. The van der Waals surface area contributed by atoms with Crippen LogP contribution in [0.4, 0.5) is 0 Å². The number of hydrogen-bond acceptors (Lipinski definition) is 1. The van der Waals surface area contributed by atoms with Gasteiger partial charge in [0.2, 0.25) is 0 Å². The van der Waals surface area contributed by atoms with Crippen LogP contribution in [0.2, 0.25) is 13.1 Å². The number of benzene rings is 2. The summed E-state index contributed by atoms with van der Waals surface area (Å²) in [5.74, 6) is 0. The second kappa shape index (κ2) is 10.2. The van der Waals surface area contributed by atoms with E-state index in [0.29, 0.717) is 3.63 Å². The Labute approximate surface area is 178 Å². The van der Waals surface area contributed by atoms with Crippen LogP contribution in [0.25, 0.3) is 17.2 Å². The molecule has 0 amide bonds. The quantitative estimate of drug-likeness (QED) is 0.537. The van der Waals surface area contributed by atoms with E-state index >= 15 is 0 Å². The molecule has 0 bridgehead atoms. The number of hydrogen-bond donors (Lipinski definition) is 0. The fourth-order valence-electron chi connectivity index (χ4n) is 3.10. The van der Waals surface area contributed by atoms with Crippen molar-refractivity contribution in [3.63, 3.8) is 0 Å². The van der Waals surface area contributed by atoms with Gasteiger partial charge in [0, 0.05) is 0 Å². The zero-order valence-electron chi connectivity index (χ0n) is 15.1. The third-order valence-electron chi connectivity index (χ3n) is 4.34. The van der Waals surface area contributed by atoms with E-state index in [0.717, 1.165) is 6.42 Å². The van der Waals surface area contributed by atoms with Crippen molar-refractivity contribution in [3.05, 3.63) is 64.7 Å². The minimum atomic E-state index is -0.909. The van der Waals surface area contributed by atoms with Gasteiger partial charge >= 0.3 is 154 Å². The van der Waals surface area contributed by atoms with Crippen molar-refractivity contribution in [1.29, 1.82) is 0 Å². The molecule has 0 fully saturated rings. The van der Waals surface area contributed by atoms with Gasteiger partial charge in [-0.1, -0.05) is 0 Å². The second-order valence-corrected chi connectivity index (χ2v) is 12.5. The van der Waals surface area contributed by atoms with Crippen molar-refractivity contribution in [2.45, 2.75) is 37.0 Å². The molecule has 1 nitrogen and oxygen atoms in total. The van der Waals surface area contributed by atoms with Crippen molar-refractivity contribution in [1.82, 2.24) is 0 Å². The maximum absolute atomic E-state index is 6.24. The Kier molecular flexibility index (Phi) is 9.36. The monoisotopic (exact) mass is 468 g/mol. The summed E-state index contributed by atoms with van der Waals surface area (Å²) in [6.07, 6.45) is 3.58. The van der Waals surface area contributed by atoms with Gasteiger partial charge in [0.25, 0.3) is 0 Å². The van der Waals surface area contributed by atoms with Gasteiger partial charge in [-0.15, -0.1) is 0 Å². The van der Waals surface area contributed by atoms with Crippen LogP contribution in [0.1, 0.15) is 33.7 Å². The minimum absolute atomic E-state index is 0. The van der Waals surface area contributed by atoms with Crippen molar-refractivity contribution < 1.29 is 51.0 Å². The Morgan fingerprint density at radius 1 is 1.04 bits per heavy atom. The van der Waals surface area contributed by atoms with E-state index in [2.05, 4.69) is 75.5 Å². The van der Waals surface area contributed by atoms with Gasteiger partial charge in [-0.2, -0.15) is 0 Å². The SMILES string of the molecule is CCC1=Cc2c(-c3ccc(C)cc3)cccc2[CH]1[Zr+2][O][SiH](C)C.[Cl-].[Cl-]. The molecule has 1 aliphatic carbocycles. The van der Waals surface area contributed by atoms with Crippen LogP contribution in [0.3, 0.4) is 0 Å². The molecule has 0 saturated carbocycles. The molecule has 5 heteroatoms. The molecule has 0 heterocycles. The fourth-order valence-corrected chi connectivity index (χ4v) is 8.53. The van der Waals surface area contributed by atoms with Crippen LogP contribution in [0.5, 0.6) is 0 Å². The molecular weight excluding hydrogens is 446 g/mol. The first kappa shape index (κ1) is 22.9. The summed E-state index contributed by atoms with van der Waals surface area (Å²) in [4.78, 5) is 0. The molecule has 0 radical (unpaired) electrons. The van der Waals surface area contributed by atoms with Crippen LogP contribution in [0, 0.1) is 6.92 Å². The molecular formula is C20H24Cl2OSiZr. The predicted molar refractivity (Wildman–Crippen MR) is 97.6 cm³/mol. The van der Waals surface area contributed by atoms with E-state index in [1.165, 1.54) is 27.8 Å². The Balaban J connectivity index is 0.00000156. The molecule has 0 spiro atoms. The van der Waals surface area contributed by atoms with Crippen LogP contribution in [-0.4, -0.2) is 9.04 Å². The molecule has 2 aromatic rings. The molecule has 25 heavy (non-hydrogen) atoms. The van der Waals surface area contributed by atoms with Gasteiger partial charge in [0.1, 0.15) is 0 Å². The standard InChI is InChI=1S/C18H17.C2H7OSi.2ClH.Zr/c1-3-14-11-16-5-4-6-17(18(16)12-14)15-9-7-13(2)8-10-15;1-4(2)3;;;/h4-12H,3H2,1-2H3;4H,1-2H3;2*1H;/q;-1;;;+3/p-2. The minimum Gasteiger partial charge on any atom is -1.00 e. The summed E-state index contributed by atoms with van der Waals surface area (Å²) in [6, 6.07) is 15.7. The molecule has 1 atom stereocenters. The Bertz CT molecular complexity index is 729.